The Bertz CT molecular complexity index is 430. The molecule has 0 aromatic carbocycles. The second kappa shape index (κ2) is 3.14. The van der Waals surface area contributed by atoms with Crippen LogP contribution < -0.4 is 0 Å². The molecular weight excluding hydrogens is 286 g/mol. The number of hydrogen-bond donors (Lipinski definition) is 0. The van der Waals surface area contributed by atoms with Gasteiger partial charge in [0.25, 0.3) is 0 Å². The lowest BCUT2D eigenvalue weighted by Gasteiger charge is -1.98. The molecule has 4 heteroatoms. The number of halogens is 2. The zero-order valence-electron chi connectivity index (χ0n) is 5.96. The Morgan fingerprint density at radius 3 is 3.08 bits per heavy atom. The SMILES string of the molecule is Clc1cc2cccnc2c(I)n1. The van der Waals surface area contributed by atoms with E-state index in [1.807, 2.05) is 18.2 Å². The molecule has 0 amide bonds. The Labute approximate surface area is 88.1 Å². The first kappa shape index (κ1) is 8.19. The van der Waals surface area contributed by atoms with Gasteiger partial charge in [-0.1, -0.05) is 17.7 Å². The van der Waals surface area contributed by atoms with E-state index < -0.39 is 0 Å². The predicted octanol–water partition coefficient (Wildman–Crippen LogP) is 2.89. The van der Waals surface area contributed by atoms with Crippen LogP contribution in [-0.2, 0) is 0 Å². The standard InChI is InChI=1S/C8H4ClIN2/c9-6-4-5-2-1-3-11-7(5)8(10)12-6/h1-4H. The van der Waals surface area contributed by atoms with Crippen LogP contribution in [0.15, 0.2) is 24.4 Å². The quantitative estimate of drug-likeness (QED) is 0.551. The molecule has 0 bridgehead atoms. The molecule has 0 aliphatic heterocycles. The van der Waals surface area contributed by atoms with Gasteiger partial charge >= 0.3 is 0 Å². The first-order valence-corrected chi connectivity index (χ1v) is 4.80. The second-order valence-electron chi connectivity index (χ2n) is 2.31. The van der Waals surface area contributed by atoms with Crippen LogP contribution in [0.4, 0.5) is 0 Å². The number of pyridine rings is 2. The summed E-state index contributed by atoms with van der Waals surface area (Å²) in [5.74, 6) is 0. The molecule has 0 N–H and O–H groups in total. The first-order chi connectivity index (χ1) is 5.77. The largest absolute Gasteiger partial charge is 0.253 e. The molecule has 2 heterocycles. The number of aromatic nitrogens is 2. The molecule has 2 aromatic heterocycles. The maximum absolute atomic E-state index is 5.78. The van der Waals surface area contributed by atoms with Gasteiger partial charge in [0.05, 0.1) is 0 Å². The lowest BCUT2D eigenvalue weighted by molar-refractivity contribution is 1.27. The van der Waals surface area contributed by atoms with E-state index in [1.54, 1.807) is 6.20 Å². The number of hydrogen-bond acceptors (Lipinski definition) is 2. The Morgan fingerprint density at radius 1 is 1.42 bits per heavy atom. The highest BCUT2D eigenvalue weighted by molar-refractivity contribution is 14.1. The van der Waals surface area contributed by atoms with Gasteiger partial charge in [0.15, 0.2) is 0 Å². The molecule has 0 saturated heterocycles. The number of nitrogens with zero attached hydrogens (tertiary/aromatic N) is 2. The normalized spacial score (nSPS) is 10.5. The molecule has 2 rings (SSSR count). The third-order valence-electron chi connectivity index (χ3n) is 1.51. The summed E-state index contributed by atoms with van der Waals surface area (Å²) in [6.45, 7) is 0. The fourth-order valence-electron chi connectivity index (χ4n) is 1.01. The molecule has 60 valence electrons. The zero-order valence-corrected chi connectivity index (χ0v) is 8.87. The lowest BCUT2D eigenvalue weighted by atomic mass is 10.3. The van der Waals surface area contributed by atoms with Crippen molar-refractivity contribution in [3.8, 4) is 0 Å². The minimum absolute atomic E-state index is 0.514. The summed E-state index contributed by atoms with van der Waals surface area (Å²) in [5, 5.41) is 1.54. The average Bonchev–Trinajstić information content (AvgIpc) is 2.04. The molecule has 0 unspecified atom stereocenters. The zero-order chi connectivity index (χ0) is 8.55. The summed E-state index contributed by atoms with van der Waals surface area (Å²) < 4.78 is 0.843. The first-order valence-electron chi connectivity index (χ1n) is 3.34. The lowest BCUT2D eigenvalue weighted by Crippen LogP contribution is -1.86. The summed E-state index contributed by atoms with van der Waals surface area (Å²) >= 11 is 7.91. The van der Waals surface area contributed by atoms with Crippen molar-refractivity contribution >= 4 is 45.1 Å². The van der Waals surface area contributed by atoms with Gasteiger partial charge in [-0.2, -0.15) is 0 Å². The molecule has 0 aliphatic carbocycles. The molecule has 0 fully saturated rings. The van der Waals surface area contributed by atoms with Crippen LogP contribution in [0.3, 0.4) is 0 Å². The van der Waals surface area contributed by atoms with Crippen molar-refractivity contribution in [3.63, 3.8) is 0 Å². The number of fused-ring (bicyclic) bond motifs is 1. The third kappa shape index (κ3) is 1.38. The second-order valence-corrected chi connectivity index (χ2v) is 3.72. The molecule has 12 heavy (non-hydrogen) atoms. The summed E-state index contributed by atoms with van der Waals surface area (Å²) in [6.07, 6.45) is 1.75. The Morgan fingerprint density at radius 2 is 2.25 bits per heavy atom. The highest BCUT2D eigenvalue weighted by Gasteiger charge is 2.01. The molecule has 0 radical (unpaired) electrons. The van der Waals surface area contributed by atoms with Gasteiger partial charge in [-0.3, -0.25) is 4.98 Å². The fraction of sp³-hybridized carbons (Fsp3) is 0. The van der Waals surface area contributed by atoms with Crippen LogP contribution in [-0.4, -0.2) is 9.97 Å². The summed E-state index contributed by atoms with van der Waals surface area (Å²) in [5.41, 5.74) is 0.905. The van der Waals surface area contributed by atoms with E-state index in [-0.39, 0.29) is 0 Å². The maximum Gasteiger partial charge on any atom is 0.131 e. The Kier molecular flexibility index (Phi) is 2.14. The van der Waals surface area contributed by atoms with Crippen molar-refractivity contribution in [2.45, 2.75) is 0 Å². The monoisotopic (exact) mass is 290 g/mol. The van der Waals surface area contributed by atoms with Crippen molar-refractivity contribution in [3.05, 3.63) is 33.2 Å². The van der Waals surface area contributed by atoms with Crippen LogP contribution in [0.5, 0.6) is 0 Å². The van der Waals surface area contributed by atoms with Crippen LogP contribution in [0.25, 0.3) is 10.9 Å². The molecule has 2 nitrogen and oxygen atoms in total. The predicted molar refractivity (Wildman–Crippen MR) is 57.3 cm³/mol. The van der Waals surface area contributed by atoms with E-state index in [2.05, 4.69) is 32.6 Å². The van der Waals surface area contributed by atoms with E-state index in [1.165, 1.54) is 0 Å². The molecular formula is C8H4ClIN2. The third-order valence-corrected chi connectivity index (χ3v) is 2.46. The molecule has 0 saturated carbocycles. The van der Waals surface area contributed by atoms with Gasteiger partial charge < -0.3 is 0 Å². The molecule has 0 atom stereocenters. The van der Waals surface area contributed by atoms with Crippen molar-refractivity contribution in [2.75, 3.05) is 0 Å². The average molecular weight is 290 g/mol. The Balaban J connectivity index is 2.89. The smallest absolute Gasteiger partial charge is 0.131 e. The minimum Gasteiger partial charge on any atom is -0.253 e. The van der Waals surface area contributed by atoms with E-state index in [0.717, 1.165) is 14.6 Å². The van der Waals surface area contributed by atoms with E-state index in [0.29, 0.717) is 5.15 Å². The van der Waals surface area contributed by atoms with Crippen molar-refractivity contribution in [2.24, 2.45) is 0 Å². The van der Waals surface area contributed by atoms with Gasteiger partial charge in [0, 0.05) is 11.6 Å². The molecule has 0 aliphatic rings. The van der Waals surface area contributed by atoms with Gasteiger partial charge in [0.1, 0.15) is 14.4 Å². The summed E-state index contributed by atoms with van der Waals surface area (Å²) in [4.78, 5) is 8.28. The van der Waals surface area contributed by atoms with E-state index >= 15 is 0 Å². The molecule has 2 aromatic rings. The minimum atomic E-state index is 0.514. The van der Waals surface area contributed by atoms with E-state index in [9.17, 15) is 0 Å². The van der Waals surface area contributed by atoms with Gasteiger partial charge in [0.2, 0.25) is 0 Å². The summed E-state index contributed by atoms with van der Waals surface area (Å²) in [7, 11) is 0. The molecule has 0 spiro atoms. The fourth-order valence-corrected chi connectivity index (χ4v) is 2.07. The summed E-state index contributed by atoms with van der Waals surface area (Å²) in [6, 6.07) is 5.67. The van der Waals surface area contributed by atoms with Crippen LogP contribution in [0, 0.1) is 3.70 Å². The topological polar surface area (TPSA) is 25.8 Å². The highest BCUT2D eigenvalue weighted by Crippen LogP contribution is 2.19. The van der Waals surface area contributed by atoms with Gasteiger partial charge in [-0.05, 0) is 34.7 Å². The van der Waals surface area contributed by atoms with Crippen molar-refractivity contribution in [1.82, 2.24) is 9.97 Å². The Hall–Kier alpha value is -0.420. The van der Waals surface area contributed by atoms with Gasteiger partial charge in [-0.15, -0.1) is 0 Å². The van der Waals surface area contributed by atoms with Crippen LogP contribution in [0.2, 0.25) is 5.15 Å². The van der Waals surface area contributed by atoms with Crippen LogP contribution >= 0.6 is 34.2 Å². The maximum atomic E-state index is 5.78. The van der Waals surface area contributed by atoms with E-state index in [4.69, 9.17) is 11.6 Å². The van der Waals surface area contributed by atoms with Crippen molar-refractivity contribution < 1.29 is 0 Å². The van der Waals surface area contributed by atoms with Gasteiger partial charge in [-0.25, -0.2) is 4.98 Å². The number of rotatable bonds is 0. The van der Waals surface area contributed by atoms with Crippen molar-refractivity contribution in [1.29, 1.82) is 0 Å². The van der Waals surface area contributed by atoms with Crippen LogP contribution in [0.1, 0.15) is 0 Å². The highest BCUT2D eigenvalue weighted by atomic mass is 127.